The minimum Gasteiger partial charge on any atom is -0.323 e. The fraction of sp³-hybridized carbons (Fsp3) is 0.429. The number of tetrazole rings is 1. The number of carbonyl (C=O) groups excluding carboxylic acids is 1. The van der Waals surface area contributed by atoms with E-state index in [4.69, 9.17) is 23.2 Å². The molecule has 0 saturated carbocycles. The minimum atomic E-state index is -0.706. The van der Waals surface area contributed by atoms with Crippen LogP contribution in [0, 0.1) is 0 Å². The van der Waals surface area contributed by atoms with Crippen LogP contribution in [-0.4, -0.2) is 43.8 Å². The second-order valence-corrected chi connectivity index (χ2v) is 5.74. The number of amides is 1. The van der Waals surface area contributed by atoms with E-state index in [0.717, 1.165) is 22.2 Å². The lowest BCUT2D eigenvalue weighted by molar-refractivity contribution is 0.194. The smallest absolute Gasteiger partial charge is 0.323 e. The van der Waals surface area contributed by atoms with E-state index in [0.29, 0.717) is 13.1 Å². The molecule has 0 bridgehead atoms. The molecule has 0 spiro atoms. The summed E-state index contributed by atoms with van der Waals surface area (Å²) in [7, 11) is 0. The van der Waals surface area contributed by atoms with Gasteiger partial charge in [-0.15, -0.1) is 4.68 Å². The zero-order valence-electron chi connectivity index (χ0n) is 12.9. The monoisotopic (exact) mass is 357 g/mol. The Morgan fingerprint density at radius 2 is 1.70 bits per heavy atom. The zero-order chi connectivity index (χ0) is 17.0. The van der Waals surface area contributed by atoms with Crippen LogP contribution in [0.3, 0.4) is 0 Å². The highest BCUT2D eigenvalue weighted by Crippen LogP contribution is 2.26. The van der Waals surface area contributed by atoms with Gasteiger partial charge in [0.1, 0.15) is 5.69 Å². The average molecular weight is 358 g/mol. The first-order chi connectivity index (χ1) is 11.0. The number of rotatable bonds is 5. The second kappa shape index (κ2) is 7.61. The summed E-state index contributed by atoms with van der Waals surface area (Å²) in [6, 6.07) is 4.31. The Morgan fingerprint density at radius 3 is 2.22 bits per heavy atom. The van der Waals surface area contributed by atoms with Gasteiger partial charge >= 0.3 is 11.7 Å². The van der Waals surface area contributed by atoms with Gasteiger partial charge in [-0.05, 0) is 35.4 Å². The van der Waals surface area contributed by atoms with E-state index in [1.54, 1.807) is 23.1 Å². The summed E-state index contributed by atoms with van der Waals surface area (Å²) in [5.41, 5.74) is -0.500. The van der Waals surface area contributed by atoms with E-state index in [2.05, 4.69) is 10.4 Å². The van der Waals surface area contributed by atoms with Crippen LogP contribution in [0.2, 0.25) is 10.0 Å². The summed E-state index contributed by atoms with van der Waals surface area (Å²) in [6.07, 6.45) is 1.57. The Balaban J connectivity index is 2.43. The van der Waals surface area contributed by atoms with Gasteiger partial charge in [0.2, 0.25) is 0 Å². The molecule has 0 N–H and O–H groups in total. The van der Waals surface area contributed by atoms with Crippen LogP contribution < -0.4 is 5.69 Å². The highest BCUT2D eigenvalue weighted by Gasteiger charge is 2.22. The molecule has 0 aliphatic carbocycles. The normalized spacial score (nSPS) is 10.8. The maximum absolute atomic E-state index is 12.5. The van der Waals surface area contributed by atoms with Gasteiger partial charge < -0.3 is 4.90 Å². The SMILES string of the molecule is CCCN(CCC)C(=O)n1nnn(-c2c(Cl)cccc2Cl)c1=O. The first-order valence-electron chi connectivity index (χ1n) is 7.29. The lowest BCUT2D eigenvalue weighted by atomic mass is 10.3. The van der Waals surface area contributed by atoms with Gasteiger partial charge in [0, 0.05) is 13.1 Å². The molecule has 0 fully saturated rings. The standard InChI is InChI=1S/C14H17Cl2N5O2/c1-3-8-19(9-4-2)13(22)21-14(23)20(17-18-21)12-10(15)6-5-7-11(12)16/h5-7H,3-4,8-9H2,1-2H3. The number of halogens is 2. The van der Waals surface area contributed by atoms with E-state index in [9.17, 15) is 9.59 Å². The van der Waals surface area contributed by atoms with E-state index >= 15 is 0 Å². The Hall–Kier alpha value is -1.86. The molecule has 0 unspecified atom stereocenters. The van der Waals surface area contributed by atoms with Crippen LogP contribution in [0.15, 0.2) is 23.0 Å². The number of carbonyl (C=O) groups is 1. The predicted molar refractivity (Wildman–Crippen MR) is 88.6 cm³/mol. The molecule has 0 aliphatic heterocycles. The summed E-state index contributed by atoms with van der Waals surface area (Å²) in [5, 5.41) is 7.90. The average Bonchev–Trinajstić information content (AvgIpc) is 2.88. The van der Waals surface area contributed by atoms with E-state index in [-0.39, 0.29) is 15.7 Å². The molecule has 0 saturated heterocycles. The van der Waals surface area contributed by atoms with Crippen molar-refractivity contribution in [1.29, 1.82) is 0 Å². The minimum absolute atomic E-state index is 0.206. The topological polar surface area (TPSA) is 73.0 Å². The Labute approximate surface area is 143 Å². The summed E-state index contributed by atoms with van der Waals surface area (Å²) in [6.45, 7) is 5.00. The van der Waals surface area contributed by atoms with E-state index in [1.807, 2.05) is 13.8 Å². The molecule has 1 aromatic carbocycles. The zero-order valence-corrected chi connectivity index (χ0v) is 14.4. The summed E-state index contributed by atoms with van der Waals surface area (Å²) >= 11 is 12.1. The molecule has 124 valence electrons. The van der Waals surface area contributed by atoms with Gasteiger partial charge in [-0.2, -0.15) is 4.68 Å². The highest BCUT2D eigenvalue weighted by atomic mass is 35.5. The molecule has 0 radical (unpaired) electrons. The van der Waals surface area contributed by atoms with Crippen molar-refractivity contribution in [2.45, 2.75) is 26.7 Å². The number of nitrogens with zero attached hydrogens (tertiary/aromatic N) is 5. The maximum atomic E-state index is 12.5. The van der Waals surface area contributed by atoms with Gasteiger partial charge in [0.05, 0.1) is 10.0 Å². The third-order valence-corrected chi connectivity index (χ3v) is 3.78. The van der Waals surface area contributed by atoms with Gasteiger partial charge in [0.25, 0.3) is 0 Å². The van der Waals surface area contributed by atoms with Gasteiger partial charge in [-0.1, -0.05) is 43.1 Å². The van der Waals surface area contributed by atoms with Gasteiger partial charge in [0.15, 0.2) is 0 Å². The molecule has 7 nitrogen and oxygen atoms in total. The van der Waals surface area contributed by atoms with Crippen molar-refractivity contribution in [2.24, 2.45) is 0 Å². The van der Waals surface area contributed by atoms with Crippen molar-refractivity contribution < 1.29 is 4.79 Å². The molecule has 2 aromatic rings. The Bertz CT molecular complexity index is 730. The second-order valence-electron chi connectivity index (χ2n) is 4.92. The molecule has 2 rings (SSSR count). The summed E-state index contributed by atoms with van der Waals surface area (Å²) < 4.78 is 1.66. The molecule has 23 heavy (non-hydrogen) atoms. The number of para-hydroxylation sites is 1. The van der Waals surface area contributed by atoms with Crippen molar-refractivity contribution in [3.63, 3.8) is 0 Å². The first kappa shape index (κ1) is 17.5. The van der Waals surface area contributed by atoms with Crippen LogP contribution in [-0.2, 0) is 0 Å². The largest absolute Gasteiger partial charge is 0.377 e. The van der Waals surface area contributed by atoms with Crippen LogP contribution in [0.25, 0.3) is 5.69 Å². The number of hydrogen-bond donors (Lipinski definition) is 0. The van der Waals surface area contributed by atoms with Crippen molar-refractivity contribution in [3.8, 4) is 5.69 Å². The number of benzene rings is 1. The van der Waals surface area contributed by atoms with Crippen LogP contribution in [0.4, 0.5) is 4.79 Å². The fourth-order valence-corrected chi connectivity index (χ4v) is 2.73. The molecule has 1 amide bonds. The third kappa shape index (κ3) is 3.56. The van der Waals surface area contributed by atoms with Crippen LogP contribution in [0.1, 0.15) is 26.7 Å². The highest BCUT2D eigenvalue weighted by molar-refractivity contribution is 6.37. The van der Waals surface area contributed by atoms with Crippen LogP contribution in [0.5, 0.6) is 0 Å². The maximum Gasteiger partial charge on any atom is 0.377 e. The lowest BCUT2D eigenvalue weighted by Crippen LogP contribution is -2.41. The Kier molecular flexibility index (Phi) is 5.79. The molecule has 0 aliphatic rings. The molecular weight excluding hydrogens is 341 g/mol. The quantitative estimate of drug-likeness (QED) is 0.771. The van der Waals surface area contributed by atoms with Gasteiger partial charge in [-0.25, -0.2) is 9.59 Å². The van der Waals surface area contributed by atoms with Crippen molar-refractivity contribution >= 4 is 29.2 Å². The van der Waals surface area contributed by atoms with Crippen LogP contribution >= 0.6 is 23.2 Å². The molecule has 9 heteroatoms. The van der Waals surface area contributed by atoms with Crippen molar-refractivity contribution in [1.82, 2.24) is 24.7 Å². The van der Waals surface area contributed by atoms with Crippen molar-refractivity contribution in [2.75, 3.05) is 13.1 Å². The predicted octanol–water partition coefficient (Wildman–Crippen LogP) is 2.83. The molecule has 1 aromatic heterocycles. The lowest BCUT2D eigenvalue weighted by Gasteiger charge is -2.19. The molecule has 0 atom stereocenters. The van der Waals surface area contributed by atoms with Crippen molar-refractivity contribution in [3.05, 3.63) is 38.7 Å². The Morgan fingerprint density at radius 1 is 1.13 bits per heavy atom. The summed E-state index contributed by atoms with van der Waals surface area (Å²) in [5.74, 6) is 0. The first-order valence-corrected chi connectivity index (χ1v) is 8.05. The third-order valence-electron chi connectivity index (χ3n) is 3.17. The number of hydrogen-bond acceptors (Lipinski definition) is 4. The number of aromatic nitrogens is 4. The van der Waals surface area contributed by atoms with E-state index < -0.39 is 11.7 Å². The van der Waals surface area contributed by atoms with E-state index in [1.165, 1.54) is 0 Å². The van der Waals surface area contributed by atoms with Gasteiger partial charge in [-0.3, -0.25) is 0 Å². The molecule has 1 heterocycles. The fourth-order valence-electron chi connectivity index (χ4n) is 2.17. The summed E-state index contributed by atoms with van der Waals surface area (Å²) in [4.78, 5) is 26.5. The molecular formula is C14H17Cl2N5O2.